The number of amides is 2. The molecule has 5 rings (SSSR count). The Labute approximate surface area is 417 Å². The minimum Gasteiger partial charge on any atom is -0.418 e. The minimum absolute atomic E-state index is 0.0227. The highest BCUT2D eigenvalue weighted by atomic mass is 35.5. The molecule has 0 aliphatic carbocycles. The summed E-state index contributed by atoms with van der Waals surface area (Å²) in [5, 5.41) is 33.6. The molecule has 4 atom stereocenters. The first kappa shape index (κ1) is 55.1. The van der Waals surface area contributed by atoms with Crippen molar-refractivity contribution in [3.8, 4) is 23.6 Å². The molecule has 1 aromatic heterocycles. The summed E-state index contributed by atoms with van der Waals surface area (Å²) in [4.78, 5) is 32.4. The molecule has 0 aliphatic rings. The number of hydrazine groups is 1. The van der Waals surface area contributed by atoms with Gasteiger partial charge in [0.05, 0.1) is 48.6 Å². The van der Waals surface area contributed by atoms with E-state index < -0.39 is 46.6 Å². The lowest BCUT2D eigenvalue weighted by atomic mass is 10.1. The van der Waals surface area contributed by atoms with Gasteiger partial charge in [-0.15, -0.1) is 10.2 Å². The quantitative estimate of drug-likeness (QED) is 0.0469. The molecule has 4 N–H and O–H groups in total. The maximum atomic E-state index is 13.2. The zero-order valence-corrected chi connectivity index (χ0v) is 44.4. The lowest BCUT2D eigenvalue weighted by Gasteiger charge is -2.40. The molecule has 15 nitrogen and oxygen atoms in total. The molecule has 4 aromatic carbocycles. The Kier molecular flexibility index (Phi) is 18.5. The van der Waals surface area contributed by atoms with Gasteiger partial charge in [-0.3, -0.25) is 20.4 Å². The number of hydrogen-bond acceptors (Lipinski definition) is 11. The van der Waals surface area contributed by atoms with Gasteiger partial charge in [-0.2, -0.15) is 10.5 Å². The molecule has 19 heteroatoms. The van der Waals surface area contributed by atoms with Crippen LogP contribution in [0.15, 0.2) is 89.3 Å². The average molecular weight is 1010 g/mol. The smallest absolute Gasteiger partial charge is 0.269 e. The summed E-state index contributed by atoms with van der Waals surface area (Å²) in [5.74, 6) is -0.309. The number of halogens is 2. The third kappa shape index (κ3) is 14.7. The molecule has 0 aliphatic heterocycles. The van der Waals surface area contributed by atoms with Gasteiger partial charge in [0.25, 0.3) is 11.8 Å². The van der Waals surface area contributed by atoms with Crippen molar-refractivity contribution in [3.63, 3.8) is 0 Å². The molecule has 0 bridgehead atoms. The van der Waals surface area contributed by atoms with Crippen molar-refractivity contribution in [2.24, 2.45) is 0 Å². The second-order valence-electron chi connectivity index (χ2n) is 19.2. The van der Waals surface area contributed by atoms with Crippen molar-refractivity contribution in [3.05, 3.63) is 140 Å². The van der Waals surface area contributed by atoms with E-state index in [9.17, 15) is 9.59 Å². The highest BCUT2D eigenvalue weighted by Crippen LogP contribution is 2.41. The van der Waals surface area contributed by atoms with E-state index in [1.807, 2.05) is 13.0 Å². The SMILES string of the molecule is [C-]#[N+]c1ccc(N[C@@H](C(=O)NNC(=O)c2ccc(C#N)cc2)C(C)O[Si](C)(C)C(C)(C)C)cc1Cl.[C-]#[N+]c1ccc(N[C@@H](c2nnc(-c3ccc(C#N)cc3)o2)C(C)O[Si](C)(C)C(C)(C)C)cc1Cl. The second-order valence-corrected chi connectivity index (χ2v) is 29.6. The van der Waals surface area contributed by atoms with Crippen molar-refractivity contribution in [1.29, 1.82) is 10.5 Å². The average Bonchev–Trinajstić information content (AvgIpc) is 3.78. The van der Waals surface area contributed by atoms with Crippen molar-refractivity contribution < 1.29 is 22.9 Å². The normalized spacial score (nSPS) is 13.3. The van der Waals surface area contributed by atoms with Gasteiger partial charge in [0.2, 0.25) is 23.2 Å². The Bertz CT molecular complexity index is 2780. The maximum Gasteiger partial charge on any atom is 0.269 e. The molecule has 360 valence electrons. The van der Waals surface area contributed by atoms with Crippen LogP contribution >= 0.6 is 23.2 Å². The predicted molar refractivity (Wildman–Crippen MR) is 276 cm³/mol. The Morgan fingerprint density at radius 1 is 0.696 bits per heavy atom. The van der Waals surface area contributed by atoms with Crippen LogP contribution in [0.3, 0.4) is 0 Å². The number of nitrogens with one attached hydrogen (secondary N) is 4. The number of carbonyl (C=O) groups is 2. The highest BCUT2D eigenvalue weighted by Gasteiger charge is 2.42. The van der Waals surface area contributed by atoms with Crippen LogP contribution < -0.4 is 21.5 Å². The zero-order valence-electron chi connectivity index (χ0n) is 40.9. The van der Waals surface area contributed by atoms with Gasteiger partial charge in [-0.25, -0.2) is 9.69 Å². The van der Waals surface area contributed by atoms with Crippen LogP contribution in [-0.2, 0) is 13.6 Å². The molecule has 0 saturated heterocycles. The fourth-order valence-electron chi connectivity index (χ4n) is 6.06. The minimum atomic E-state index is -2.23. The third-order valence-corrected chi connectivity index (χ3v) is 21.9. The summed E-state index contributed by atoms with van der Waals surface area (Å²) in [6, 6.07) is 25.7. The van der Waals surface area contributed by atoms with Crippen LogP contribution in [0.4, 0.5) is 22.7 Å². The first-order valence-corrected chi connectivity index (χ1v) is 28.5. The van der Waals surface area contributed by atoms with Gasteiger partial charge < -0.3 is 23.9 Å². The van der Waals surface area contributed by atoms with E-state index in [1.165, 1.54) is 24.3 Å². The van der Waals surface area contributed by atoms with E-state index in [2.05, 4.69) is 115 Å². The fourth-order valence-corrected chi connectivity index (χ4v) is 9.34. The summed E-state index contributed by atoms with van der Waals surface area (Å²) in [5.41, 5.74) is 8.80. The van der Waals surface area contributed by atoms with Gasteiger partial charge in [0, 0.05) is 32.5 Å². The summed E-state index contributed by atoms with van der Waals surface area (Å²) >= 11 is 12.4. The Morgan fingerprint density at radius 3 is 1.61 bits per heavy atom. The number of anilines is 2. The Morgan fingerprint density at radius 2 is 1.16 bits per heavy atom. The molecule has 1 heterocycles. The summed E-state index contributed by atoms with van der Waals surface area (Å²) in [6.07, 6.45) is -0.850. The van der Waals surface area contributed by atoms with E-state index in [0.717, 1.165) is 5.56 Å². The van der Waals surface area contributed by atoms with Crippen LogP contribution in [0.5, 0.6) is 0 Å². The summed E-state index contributed by atoms with van der Waals surface area (Å²) in [7, 11) is -4.33. The largest absolute Gasteiger partial charge is 0.418 e. The van der Waals surface area contributed by atoms with Gasteiger partial charge in [0.15, 0.2) is 16.6 Å². The van der Waals surface area contributed by atoms with E-state index in [1.54, 1.807) is 67.6 Å². The number of rotatable bonds is 14. The first-order valence-electron chi connectivity index (χ1n) is 21.9. The van der Waals surface area contributed by atoms with Gasteiger partial charge in [0.1, 0.15) is 12.1 Å². The van der Waals surface area contributed by atoms with Gasteiger partial charge in [-0.1, -0.05) is 76.9 Å². The molecule has 0 spiro atoms. The van der Waals surface area contributed by atoms with Crippen LogP contribution in [-0.4, -0.2) is 56.9 Å². The number of aromatic nitrogens is 2. The maximum absolute atomic E-state index is 13.2. The van der Waals surface area contributed by atoms with E-state index >= 15 is 0 Å². The molecular formula is C50H58Cl2N10O5Si2. The van der Waals surface area contributed by atoms with Crippen molar-refractivity contribution >= 4 is 74.4 Å². The number of benzene rings is 4. The van der Waals surface area contributed by atoms with E-state index in [-0.39, 0.29) is 21.2 Å². The summed E-state index contributed by atoms with van der Waals surface area (Å²) < 4.78 is 19.1. The topological polar surface area (TPSA) is 196 Å². The van der Waals surface area contributed by atoms with Gasteiger partial charge >= 0.3 is 0 Å². The van der Waals surface area contributed by atoms with Crippen molar-refractivity contribution in [2.75, 3.05) is 10.6 Å². The highest BCUT2D eigenvalue weighted by molar-refractivity contribution is 6.74. The van der Waals surface area contributed by atoms with E-state index in [4.69, 9.17) is 60.1 Å². The van der Waals surface area contributed by atoms with Crippen LogP contribution in [0.1, 0.15) is 88.8 Å². The fraction of sp³-hybridized carbons (Fsp3) is 0.360. The predicted octanol–water partition coefficient (Wildman–Crippen LogP) is 12.8. The number of nitriles is 2. The molecule has 2 unspecified atom stereocenters. The Balaban J connectivity index is 0.000000301. The Hall–Kier alpha value is -6.55. The number of carbonyl (C=O) groups excluding carboxylic acids is 2. The molecule has 5 aromatic rings. The lowest BCUT2D eigenvalue weighted by Crippen LogP contribution is -2.55. The molecule has 69 heavy (non-hydrogen) atoms. The lowest BCUT2D eigenvalue weighted by molar-refractivity contribution is -0.124. The van der Waals surface area contributed by atoms with Crippen LogP contribution in [0, 0.1) is 35.8 Å². The standard InChI is InChI=1S/C25H30ClN5O3Si.C25H28ClN5O2Si/c1-16(34-35(6,7)25(2,3)4)22(29-19-12-13-21(28-5)20(26)14-19)24(33)31-30-23(32)18-10-8-17(15-27)9-11-18;1-16(33-34(6,7)25(2,3)4)22(29-19-12-13-21(28-5)20(26)14-19)24-31-30-23(32-24)18-10-8-17(15-27)9-11-18/h8-14,16,22,29H,1-4,6-7H3,(H,30,32)(H,31,33);8-14,16,22,29H,1-4,6-7H3/t2*16?,22-/m11/s1. The number of hydrogen-bond donors (Lipinski definition) is 4. The number of nitrogens with zero attached hydrogens (tertiary/aromatic N) is 6. The molecule has 2 amide bonds. The molecule has 0 saturated carbocycles. The van der Waals surface area contributed by atoms with Crippen LogP contribution in [0.25, 0.3) is 21.1 Å². The summed E-state index contributed by atoms with van der Waals surface area (Å²) in [6.45, 7) is 39.6. The zero-order chi connectivity index (χ0) is 51.5. The van der Waals surface area contributed by atoms with Crippen molar-refractivity contribution in [2.45, 2.75) is 116 Å². The molecular weight excluding hydrogens is 948 g/mol. The van der Waals surface area contributed by atoms with Crippen LogP contribution in [0.2, 0.25) is 46.3 Å². The first-order chi connectivity index (χ1) is 32.2. The monoisotopic (exact) mass is 1000 g/mol. The second kappa shape index (κ2) is 23.2. The molecule has 0 fully saturated rings. The van der Waals surface area contributed by atoms with Gasteiger partial charge in [-0.05, 0) is 123 Å². The van der Waals surface area contributed by atoms with Crippen molar-refractivity contribution in [1.82, 2.24) is 21.0 Å². The molecule has 0 radical (unpaired) electrons. The van der Waals surface area contributed by atoms with E-state index in [0.29, 0.717) is 56.2 Å². The third-order valence-electron chi connectivity index (χ3n) is 12.1.